The zero-order valence-electron chi connectivity index (χ0n) is 14.3. The molecule has 3 aliphatic rings. The molecule has 1 atom stereocenters. The molecule has 1 unspecified atom stereocenters. The SMILES string of the molecule is Clc1cc(CN2CCCC2CN2CCCC2)cc2c1OCCCO2. The molecule has 0 radical (unpaired) electrons. The van der Waals surface area contributed by atoms with Crippen LogP contribution in [0.5, 0.6) is 11.5 Å². The molecular weight excluding hydrogens is 324 g/mol. The summed E-state index contributed by atoms with van der Waals surface area (Å²) in [5, 5.41) is 0.680. The van der Waals surface area contributed by atoms with Gasteiger partial charge in [0.05, 0.1) is 18.2 Å². The number of ether oxygens (including phenoxy) is 2. The van der Waals surface area contributed by atoms with Crippen molar-refractivity contribution in [2.24, 2.45) is 0 Å². The third-order valence-corrected chi connectivity index (χ3v) is 5.70. The smallest absolute Gasteiger partial charge is 0.179 e. The van der Waals surface area contributed by atoms with E-state index in [1.807, 2.05) is 0 Å². The first-order valence-corrected chi connectivity index (χ1v) is 9.72. The minimum absolute atomic E-state index is 0.677. The molecule has 2 fully saturated rings. The van der Waals surface area contributed by atoms with Gasteiger partial charge in [0, 0.05) is 25.6 Å². The van der Waals surface area contributed by atoms with Gasteiger partial charge in [-0.05, 0) is 63.0 Å². The van der Waals surface area contributed by atoms with E-state index < -0.39 is 0 Å². The van der Waals surface area contributed by atoms with Crippen molar-refractivity contribution in [3.8, 4) is 11.5 Å². The van der Waals surface area contributed by atoms with Crippen molar-refractivity contribution >= 4 is 11.6 Å². The van der Waals surface area contributed by atoms with E-state index in [0.717, 1.165) is 18.7 Å². The first-order valence-electron chi connectivity index (χ1n) is 9.34. The molecule has 0 aliphatic carbocycles. The van der Waals surface area contributed by atoms with Crippen LogP contribution >= 0.6 is 11.6 Å². The first-order chi connectivity index (χ1) is 11.8. The highest BCUT2D eigenvalue weighted by Gasteiger charge is 2.28. The van der Waals surface area contributed by atoms with E-state index in [1.54, 1.807) is 0 Å². The van der Waals surface area contributed by atoms with Crippen molar-refractivity contribution < 1.29 is 9.47 Å². The molecule has 24 heavy (non-hydrogen) atoms. The summed E-state index contributed by atoms with van der Waals surface area (Å²) in [5.74, 6) is 1.53. The molecule has 0 aromatic heterocycles. The Balaban J connectivity index is 1.45. The summed E-state index contributed by atoms with van der Waals surface area (Å²) in [6, 6.07) is 4.86. The van der Waals surface area contributed by atoms with E-state index in [4.69, 9.17) is 21.1 Å². The molecule has 3 aliphatic heterocycles. The van der Waals surface area contributed by atoms with Crippen LogP contribution < -0.4 is 9.47 Å². The maximum absolute atomic E-state index is 6.45. The van der Waals surface area contributed by atoms with Crippen LogP contribution in [0.25, 0.3) is 0 Å². The standard InChI is InChI=1S/C19H27ClN2O2/c20-17-11-15(12-18-19(17)24-10-4-9-23-18)13-22-8-3-5-16(22)14-21-6-1-2-7-21/h11-12,16H,1-10,13-14H2. The topological polar surface area (TPSA) is 24.9 Å². The van der Waals surface area contributed by atoms with Crippen molar-refractivity contribution in [2.45, 2.75) is 44.7 Å². The molecule has 3 heterocycles. The molecule has 4 rings (SSSR count). The van der Waals surface area contributed by atoms with Crippen molar-refractivity contribution in [3.63, 3.8) is 0 Å². The molecule has 1 aromatic rings. The van der Waals surface area contributed by atoms with Gasteiger partial charge in [-0.25, -0.2) is 0 Å². The van der Waals surface area contributed by atoms with Gasteiger partial charge in [-0.1, -0.05) is 11.6 Å². The summed E-state index contributed by atoms with van der Waals surface area (Å²) >= 11 is 6.45. The van der Waals surface area contributed by atoms with Gasteiger partial charge in [-0.2, -0.15) is 0 Å². The lowest BCUT2D eigenvalue weighted by Crippen LogP contribution is -2.38. The number of likely N-dealkylation sites (tertiary alicyclic amines) is 2. The molecule has 4 nitrogen and oxygen atoms in total. The Morgan fingerprint density at radius 1 is 1.00 bits per heavy atom. The van der Waals surface area contributed by atoms with Gasteiger partial charge < -0.3 is 14.4 Å². The number of hydrogen-bond acceptors (Lipinski definition) is 4. The zero-order valence-corrected chi connectivity index (χ0v) is 15.1. The number of nitrogens with zero attached hydrogens (tertiary/aromatic N) is 2. The Labute approximate surface area is 149 Å². The summed E-state index contributed by atoms with van der Waals surface area (Å²) in [6.07, 6.45) is 6.25. The lowest BCUT2D eigenvalue weighted by molar-refractivity contribution is 0.185. The highest BCUT2D eigenvalue weighted by atomic mass is 35.5. The summed E-state index contributed by atoms with van der Waals surface area (Å²) in [7, 11) is 0. The van der Waals surface area contributed by atoms with Gasteiger partial charge in [-0.3, -0.25) is 4.90 Å². The summed E-state index contributed by atoms with van der Waals surface area (Å²) in [5.41, 5.74) is 1.23. The van der Waals surface area contributed by atoms with Crippen molar-refractivity contribution in [2.75, 3.05) is 39.4 Å². The van der Waals surface area contributed by atoms with Crippen molar-refractivity contribution in [1.29, 1.82) is 0 Å². The quantitative estimate of drug-likeness (QED) is 0.829. The average Bonchev–Trinajstić information content (AvgIpc) is 3.16. The van der Waals surface area contributed by atoms with Gasteiger partial charge in [0.1, 0.15) is 0 Å². The molecule has 1 aromatic carbocycles. The minimum Gasteiger partial charge on any atom is -0.489 e. The second-order valence-corrected chi connectivity index (χ2v) is 7.64. The third-order valence-electron chi connectivity index (χ3n) is 5.41. The minimum atomic E-state index is 0.677. The Morgan fingerprint density at radius 3 is 2.71 bits per heavy atom. The largest absolute Gasteiger partial charge is 0.489 e. The van der Waals surface area contributed by atoms with Crippen LogP contribution in [-0.4, -0.2) is 55.2 Å². The lowest BCUT2D eigenvalue weighted by Gasteiger charge is -2.28. The van der Waals surface area contributed by atoms with Crippen LogP contribution in [0.4, 0.5) is 0 Å². The molecular formula is C19H27ClN2O2. The van der Waals surface area contributed by atoms with E-state index >= 15 is 0 Å². The second-order valence-electron chi connectivity index (χ2n) is 7.23. The normalized spacial score (nSPS) is 25.1. The van der Waals surface area contributed by atoms with Gasteiger partial charge in [0.15, 0.2) is 11.5 Å². The molecule has 0 bridgehead atoms. The van der Waals surface area contributed by atoms with Gasteiger partial charge in [0.25, 0.3) is 0 Å². The van der Waals surface area contributed by atoms with Crippen LogP contribution in [0.3, 0.4) is 0 Å². The highest BCUT2D eigenvalue weighted by Crippen LogP contribution is 2.38. The molecule has 0 saturated carbocycles. The monoisotopic (exact) mass is 350 g/mol. The molecule has 0 amide bonds. The maximum Gasteiger partial charge on any atom is 0.179 e. The predicted molar refractivity (Wildman–Crippen MR) is 96.2 cm³/mol. The Morgan fingerprint density at radius 2 is 1.83 bits per heavy atom. The van der Waals surface area contributed by atoms with Crippen molar-refractivity contribution in [3.05, 3.63) is 22.7 Å². The zero-order chi connectivity index (χ0) is 16.4. The summed E-state index contributed by atoms with van der Waals surface area (Å²) in [6.45, 7) is 7.29. The van der Waals surface area contributed by atoms with Gasteiger partial charge >= 0.3 is 0 Å². The fourth-order valence-corrected chi connectivity index (χ4v) is 4.47. The third kappa shape index (κ3) is 3.66. The highest BCUT2D eigenvalue weighted by molar-refractivity contribution is 6.32. The lowest BCUT2D eigenvalue weighted by atomic mass is 10.1. The fraction of sp³-hybridized carbons (Fsp3) is 0.684. The Bertz CT molecular complexity index is 575. The number of hydrogen-bond donors (Lipinski definition) is 0. The molecule has 0 spiro atoms. The van der Waals surface area contributed by atoms with E-state index in [2.05, 4.69) is 21.9 Å². The first kappa shape index (κ1) is 16.5. The number of rotatable bonds is 4. The second kappa shape index (κ2) is 7.51. The fourth-order valence-electron chi connectivity index (χ4n) is 4.18. The van der Waals surface area contributed by atoms with E-state index in [-0.39, 0.29) is 0 Å². The van der Waals surface area contributed by atoms with Crippen molar-refractivity contribution in [1.82, 2.24) is 9.80 Å². The number of fused-ring (bicyclic) bond motifs is 1. The van der Waals surface area contributed by atoms with Crippen LogP contribution in [0, 0.1) is 0 Å². The van der Waals surface area contributed by atoms with E-state index in [1.165, 1.54) is 57.4 Å². The number of halogens is 1. The van der Waals surface area contributed by atoms with Crippen LogP contribution in [0.1, 0.15) is 37.7 Å². The molecule has 132 valence electrons. The summed E-state index contributed by atoms with van der Waals surface area (Å²) < 4.78 is 11.6. The molecule has 5 heteroatoms. The molecule has 0 N–H and O–H groups in total. The van der Waals surface area contributed by atoms with Gasteiger partial charge in [0.2, 0.25) is 0 Å². The van der Waals surface area contributed by atoms with Crippen LogP contribution in [-0.2, 0) is 6.54 Å². The molecule has 2 saturated heterocycles. The van der Waals surface area contributed by atoms with E-state index in [0.29, 0.717) is 30.0 Å². The average molecular weight is 351 g/mol. The van der Waals surface area contributed by atoms with Crippen LogP contribution in [0.2, 0.25) is 5.02 Å². The maximum atomic E-state index is 6.45. The number of benzene rings is 1. The Hall–Kier alpha value is -0.970. The predicted octanol–water partition coefficient (Wildman–Crippen LogP) is 3.56. The summed E-state index contributed by atoms with van der Waals surface area (Å²) in [4.78, 5) is 5.25. The van der Waals surface area contributed by atoms with Gasteiger partial charge in [-0.15, -0.1) is 0 Å². The Kier molecular flexibility index (Phi) is 5.16. The van der Waals surface area contributed by atoms with Crippen LogP contribution in [0.15, 0.2) is 12.1 Å². The van der Waals surface area contributed by atoms with E-state index in [9.17, 15) is 0 Å².